The molecular formula is C14H15Br2N3. The van der Waals surface area contributed by atoms with Crippen LogP contribution in [0.3, 0.4) is 0 Å². The summed E-state index contributed by atoms with van der Waals surface area (Å²) in [6.45, 7) is 6.30. The average molecular weight is 385 g/mol. The molecule has 0 spiro atoms. The zero-order valence-corrected chi connectivity index (χ0v) is 14.2. The summed E-state index contributed by atoms with van der Waals surface area (Å²) >= 11 is 7.00. The first kappa shape index (κ1) is 14.5. The highest BCUT2D eigenvalue weighted by atomic mass is 79.9. The summed E-state index contributed by atoms with van der Waals surface area (Å²) in [5.74, 6) is 1.10. The first-order valence-corrected chi connectivity index (χ1v) is 7.47. The first-order valence-electron chi connectivity index (χ1n) is 5.89. The Morgan fingerprint density at radius 2 is 1.68 bits per heavy atom. The van der Waals surface area contributed by atoms with Gasteiger partial charge in [-0.2, -0.15) is 0 Å². The maximum absolute atomic E-state index is 5.99. The van der Waals surface area contributed by atoms with Crippen LogP contribution >= 0.6 is 31.9 Å². The summed E-state index contributed by atoms with van der Waals surface area (Å²) in [5, 5.41) is 0. The van der Waals surface area contributed by atoms with Gasteiger partial charge < -0.3 is 5.73 Å². The van der Waals surface area contributed by atoms with Gasteiger partial charge in [0.25, 0.3) is 0 Å². The predicted octanol–water partition coefficient (Wildman–Crippen LogP) is 4.55. The Kier molecular flexibility index (Phi) is 3.97. The van der Waals surface area contributed by atoms with Crippen LogP contribution in [-0.4, -0.2) is 9.97 Å². The maximum Gasteiger partial charge on any atom is 0.162 e. The quantitative estimate of drug-likeness (QED) is 0.784. The van der Waals surface area contributed by atoms with Crippen molar-refractivity contribution in [1.29, 1.82) is 0 Å². The van der Waals surface area contributed by atoms with E-state index >= 15 is 0 Å². The summed E-state index contributed by atoms with van der Waals surface area (Å²) in [5.41, 5.74) is 7.73. The lowest BCUT2D eigenvalue weighted by molar-refractivity contribution is 0.564. The molecule has 0 bridgehead atoms. The lowest BCUT2D eigenvalue weighted by Gasteiger charge is -2.21. The van der Waals surface area contributed by atoms with Crippen molar-refractivity contribution in [3.63, 3.8) is 0 Å². The molecule has 0 fully saturated rings. The highest BCUT2D eigenvalue weighted by Crippen LogP contribution is 2.34. The van der Waals surface area contributed by atoms with Crippen molar-refractivity contribution in [3.8, 4) is 11.4 Å². The van der Waals surface area contributed by atoms with Crippen molar-refractivity contribution in [2.45, 2.75) is 26.2 Å². The van der Waals surface area contributed by atoms with Crippen molar-refractivity contribution >= 4 is 37.7 Å². The van der Waals surface area contributed by atoms with E-state index in [1.54, 1.807) is 0 Å². The molecule has 0 amide bonds. The van der Waals surface area contributed by atoms with Crippen molar-refractivity contribution < 1.29 is 0 Å². The number of aromatic nitrogens is 2. The smallest absolute Gasteiger partial charge is 0.162 e. The fraction of sp³-hybridized carbons (Fsp3) is 0.286. The molecule has 2 aromatic rings. The van der Waals surface area contributed by atoms with Crippen LogP contribution in [0.2, 0.25) is 0 Å². The van der Waals surface area contributed by atoms with Gasteiger partial charge in [-0.3, -0.25) is 0 Å². The molecule has 19 heavy (non-hydrogen) atoms. The standard InChI is InChI=1S/C14H15Br2N3/c1-14(2,3)11-10(16)12(17)19-13(18-11)8-6-4-5-7-9(8)15/h4-7H,1-3H3,(H2,17,18,19). The second kappa shape index (κ2) is 5.21. The van der Waals surface area contributed by atoms with E-state index in [1.165, 1.54) is 0 Å². The van der Waals surface area contributed by atoms with Gasteiger partial charge in [-0.05, 0) is 22.0 Å². The van der Waals surface area contributed by atoms with Crippen LogP contribution in [-0.2, 0) is 5.41 Å². The molecule has 0 atom stereocenters. The van der Waals surface area contributed by atoms with Crippen LogP contribution in [0.4, 0.5) is 5.82 Å². The number of hydrogen-bond donors (Lipinski definition) is 1. The molecule has 100 valence electrons. The van der Waals surface area contributed by atoms with Gasteiger partial charge in [0.1, 0.15) is 5.82 Å². The largest absolute Gasteiger partial charge is 0.383 e. The van der Waals surface area contributed by atoms with Crippen molar-refractivity contribution in [1.82, 2.24) is 9.97 Å². The van der Waals surface area contributed by atoms with E-state index in [1.807, 2.05) is 24.3 Å². The van der Waals surface area contributed by atoms with Crippen molar-refractivity contribution in [2.24, 2.45) is 0 Å². The molecule has 2 N–H and O–H groups in total. The highest BCUT2D eigenvalue weighted by Gasteiger charge is 2.23. The summed E-state index contributed by atoms with van der Waals surface area (Å²) in [4.78, 5) is 9.04. The van der Waals surface area contributed by atoms with E-state index in [9.17, 15) is 0 Å². The van der Waals surface area contributed by atoms with Gasteiger partial charge in [0.05, 0.1) is 10.2 Å². The fourth-order valence-electron chi connectivity index (χ4n) is 1.72. The minimum absolute atomic E-state index is 0.105. The SMILES string of the molecule is CC(C)(C)c1nc(-c2ccccc2Br)nc(N)c1Br. The molecule has 0 radical (unpaired) electrons. The van der Waals surface area contributed by atoms with E-state index in [4.69, 9.17) is 5.73 Å². The van der Waals surface area contributed by atoms with Gasteiger partial charge in [0, 0.05) is 15.5 Å². The number of anilines is 1. The Balaban J connectivity index is 2.68. The zero-order chi connectivity index (χ0) is 14.2. The molecule has 0 aliphatic heterocycles. The maximum atomic E-state index is 5.99. The number of benzene rings is 1. The minimum Gasteiger partial charge on any atom is -0.383 e. The molecular weight excluding hydrogens is 370 g/mol. The highest BCUT2D eigenvalue weighted by molar-refractivity contribution is 9.11. The van der Waals surface area contributed by atoms with E-state index in [2.05, 4.69) is 62.6 Å². The Hall–Kier alpha value is -0.940. The summed E-state index contributed by atoms with van der Waals surface area (Å²) in [6, 6.07) is 7.85. The van der Waals surface area contributed by atoms with Gasteiger partial charge in [-0.1, -0.05) is 54.9 Å². The molecule has 0 unspecified atom stereocenters. The van der Waals surface area contributed by atoms with Crippen LogP contribution in [0.15, 0.2) is 33.2 Å². The minimum atomic E-state index is -0.105. The monoisotopic (exact) mass is 383 g/mol. The Morgan fingerprint density at radius 1 is 1.05 bits per heavy atom. The molecule has 2 rings (SSSR count). The average Bonchev–Trinajstić information content (AvgIpc) is 2.31. The van der Waals surface area contributed by atoms with Crippen LogP contribution < -0.4 is 5.73 Å². The first-order chi connectivity index (χ1) is 8.80. The number of halogens is 2. The van der Waals surface area contributed by atoms with E-state index < -0.39 is 0 Å². The number of nitrogens with zero attached hydrogens (tertiary/aromatic N) is 2. The van der Waals surface area contributed by atoms with Gasteiger partial charge in [-0.25, -0.2) is 9.97 Å². The van der Waals surface area contributed by atoms with Crippen LogP contribution in [0.5, 0.6) is 0 Å². The Morgan fingerprint density at radius 3 is 2.26 bits per heavy atom. The third-order valence-corrected chi connectivity index (χ3v) is 4.18. The number of nitrogens with two attached hydrogens (primary N) is 1. The Bertz CT molecular complexity index is 619. The molecule has 1 heterocycles. The van der Waals surface area contributed by atoms with Crippen LogP contribution in [0.1, 0.15) is 26.5 Å². The predicted molar refractivity (Wildman–Crippen MR) is 86.0 cm³/mol. The molecule has 0 aliphatic rings. The number of hydrogen-bond acceptors (Lipinski definition) is 3. The normalized spacial score (nSPS) is 11.6. The van der Waals surface area contributed by atoms with Gasteiger partial charge in [0.15, 0.2) is 5.82 Å². The van der Waals surface area contributed by atoms with Crippen LogP contribution in [0.25, 0.3) is 11.4 Å². The summed E-state index contributed by atoms with van der Waals surface area (Å²) in [7, 11) is 0. The third kappa shape index (κ3) is 2.98. The second-order valence-corrected chi connectivity index (χ2v) is 6.97. The number of rotatable bonds is 1. The van der Waals surface area contributed by atoms with Crippen LogP contribution in [0, 0.1) is 0 Å². The van der Waals surface area contributed by atoms with Crippen molar-refractivity contribution in [3.05, 3.63) is 38.9 Å². The van der Waals surface area contributed by atoms with E-state index in [0.717, 1.165) is 20.2 Å². The van der Waals surface area contributed by atoms with E-state index in [0.29, 0.717) is 11.6 Å². The lowest BCUT2D eigenvalue weighted by atomic mass is 9.91. The van der Waals surface area contributed by atoms with E-state index in [-0.39, 0.29) is 5.41 Å². The molecule has 0 saturated carbocycles. The molecule has 1 aromatic heterocycles. The second-order valence-electron chi connectivity index (χ2n) is 5.32. The molecule has 0 aliphatic carbocycles. The van der Waals surface area contributed by atoms with Gasteiger partial charge in [0.2, 0.25) is 0 Å². The topological polar surface area (TPSA) is 51.8 Å². The molecule has 5 heteroatoms. The molecule has 0 saturated heterocycles. The van der Waals surface area contributed by atoms with Crippen molar-refractivity contribution in [2.75, 3.05) is 5.73 Å². The lowest BCUT2D eigenvalue weighted by Crippen LogP contribution is -2.17. The third-order valence-electron chi connectivity index (χ3n) is 2.70. The fourth-order valence-corrected chi connectivity index (χ4v) is 2.96. The zero-order valence-electron chi connectivity index (χ0n) is 11.0. The molecule has 1 aromatic carbocycles. The Labute approximate surface area is 129 Å². The number of nitrogen functional groups attached to an aromatic ring is 1. The summed E-state index contributed by atoms with van der Waals surface area (Å²) < 4.78 is 1.73. The summed E-state index contributed by atoms with van der Waals surface area (Å²) in [6.07, 6.45) is 0. The molecule has 3 nitrogen and oxygen atoms in total. The van der Waals surface area contributed by atoms with Gasteiger partial charge >= 0.3 is 0 Å². The van der Waals surface area contributed by atoms with Gasteiger partial charge in [-0.15, -0.1) is 0 Å².